The van der Waals surface area contributed by atoms with E-state index in [1.807, 2.05) is 0 Å². The fourth-order valence-corrected chi connectivity index (χ4v) is 4.57. The van der Waals surface area contributed by atoms with Gasteiger partial charge in [0.25, 0.3) is 0 Å². The highest BCUT2D eigenvalue weighted by Crippen LogP contribution is 2.23. The molecule has 1 aliphatic carbocycles. The van der Waals surface area contributed by atoms with E-state index in [2.05, 4.69) is 18.9 Å². The summed E-state index contributed by atoms with van der Waals surface area (Å²) in [6.07, 6.45) is 29.4. The van der Waals surface area contributed by atoms with Gasteiger partial charge in [-0.25, -0.2) is 0 Å². The smallest absolute Gasteiger partial charge is 0.00191 e. The average molecular weight is 366 g/mol. The third-order valence-electron chi connectivity index (χ3n) is 6.54. The summed E-state index contributed by atoms with van der Waals surface area (Å²) in [4.78, 5) is 2.61. The van der Waals surface area contributed by atoms with E-state index in [9.17, 15) is 0 Å². The van der Waals surface area contributed by atoms with Crippen LogP contribution in [0, 0.1) is 5.92 Å². The fourth-order valence-electron chi connectivity index (χ4n) is 4.57. The summed E-state index contributed by atoms with van der Waals surface area (Å²) < 4.78 is 0. The molecule has 0 bridgehead atoms. The van der Waals surface area contributed by atoms with Crippen molar-refractivity contribution < 1.29 is 0 Å². The lowest BCUT2D eigenvalue weighted by Crippen LogP contribution is -2.23. The molecule has 0 N–H and O–H groups in total. The number of nitrogens with zero attached hydrogens (tertiary/aromatic N) is 1. The Bertz CT molecular complexity index is 259. The molecule has 1 nitrogen and oxygen atoms in total. The molecule has 0 spiro atoms. The summed E-state index contributed by atoms with van der Waals surface area (Å²) in [5.74, 6) is 1.00. The first-order chi connectivity index (χ1) is 12.8. The van der Waals surface area contributed by atoms with Crippen LogP contribution in [0.25, 0.3) is 0 Å². The van der Waals surface area contributed by atoms with Crippen molar-refractivity contribution in [3.63, 3.8) is 0 Å². The van der Waals surface area contributed by atoms with Gasteiger partial charge in [-0.15, -0.1) is 0 Å². The summed E-state index contributed by atoms with van der Waals surface area (Å²) in [6.45, 7) is 4.95. The SMILES string of the molecule is CCCCCCN(C)CCC1CCCCCCCCCCCCCCC1. The molecule has 0 aromatic heterocycles. The first-order valence-corrected chi connectivity index (χ1v) is 12.5. The molecule has 0 atom stereocenters. The maximum Gasteiger partial charge on any atom is -0.00191 e. The molecule has 0 heterocycles. The molecular weight excluding hydrogens is 314 g/mol. The summed E-state index contributed by atoms with van der Waals surface area (Å²) in [5.41, 5.74) is 0. The molecule has 0 aromatic carbocycles. The van der Waals surface area contributed by atoms with Crippen molar-refractivity contribution in [2.75, 3.05) is 20.1 Å². The third kappa shape index (κ3) is 15.1. The molecule has 1 saturated carbocycles. The quantitative estimate of drug-likeness (QED) is 0.390. The first-order valence-electron chi connectivity index (χ1n) is 12.5. The van der Waals surface area contributed by atoms with Gasteiger partial charge in [-0.2, -0.15) is 0 Å². The first kappa shape index (κ1) is 24.0. The zero-order valence-electron chi connectivity index (χ0n) is 18.6. The zero-order valence-corrected chi connectivity index (χ0v) is 18.6. The van der Waals surface area contributed by atoms with Crippen LogP contribution < -0.4 is 0 Å². The van der Waals surface area contributed by atoms with Crippen molar-refractivity contribution in [1.82, 2.24) is 4.90 Å². The van der Waals surface area contributed by atoms with E-state index in [-0.39, 0.29) is 0 Å². The molecular formula is C25H51N. The molecule has 0 radical (unpaired) electrons. The van der Waals surface area contributed by atoms with Gasteiger partial charge in [0.1, 0.15) is 0 Å². The van der Waals surface area contributed by atoms with Gasteiger partial charge in [-0.05, 0) is 38.9 Å². The van der Waals surface area contributed by atoms with Crippen LogP contribution in [0.1, 0.15) is 135 Å². The largest absolute Gasteiger partial charge is 0.306 e. The molecule has 156 valence electrons. The van der Waals surface area contributed by atoms with Crippen LogP contribution in [-0.2, 0) is 0 Å². The Balaban J connectivity index is 2.22. The molecule has 1 heteroatoms. The maximum absolute atomic E-state index is 2.61. The van der Waals surface area contributed by atoms with Crippen LogP contribution in [-0.4, -0.2) is 25.0 Å². The van der Waals surface area contributed by atoms with E-state index in [1.165, 1.54) is 142 Å². The van der Waals surface area contributed by atoms with Gasteiger partial charge in [0.15, 0.2) is 0 Å². The standard InChI is InChI=1S/C25H51N/c1-3-4-5-19-23-26(2)24-22-25-20-17-15-13-11-9-7-6-8-10-12-14-16-18-21-25/h25H,3-24H2,1-2H3. The summed E-state index contributed by atoms with van der Waals surface area (Å²) in [7, 11) is 2.35. The Labute approximate surface area is 166 Å². The summed E-state index contributed by atoms with van der Waals surface area (Å²) in [6, 6.07) is 0. The number of unbranched alkanes of at least 4 members (excludes halogenated alkanes) is 3. The van der Waals surface area contributed by atoms with Crippen LogP contribution >= 0.6 is 0 Å². The van der Waals surface area contributed by atoms with Crippen molar-refractivity contribution in [3.05, 3.63) is 0 Å². The Hall–Kier alpha value is -0.0400. The third-order valence-corrected chi connectivity index (χ3v) is 6.54. The Morgan fingerprint density at radius 2 is 1.04 bits per heavy atom. The minimum atomic E-state index is 1.00. The highest BCUT2D eigenvalue weighted by Gasteiger charge is 2.10. The van der Waals surface area contributed by atoms with Crippen LogP contribution in [0.5, 0.6) is 0 Å². The lowest BCUT2D eigenvalue weighted by Gasteiger charge is -2.22. The van der Waals surface area contributed by atoms with Gasteiger partial charge < -0.3 is 4.90 Å². The Kier molecular flexibility index (Phi) is 16.9. The molecule has 26 heavy (non-hydrogen) atoms. The molecule has 0 aromatic rings. The second-order valence-corrected chi connectivity index (χ2v) is 9.19. The van der Waals surface area contributed by atoms with E-state index < -0.39 is 0 Å². The minimum absolute atomic E-state index is 1.00. The fraction of sp³-hybridized carbons (Fsp3) is 1.00. The van der Waals surface area contributed by atoms with Gasteiger partial charge in [0, 0.05) is 0 Å². The topological polar surface area (TPSA) is 3.24 Å². The van der Waals surface area contributed by atoms with E-state index >= 15 is 0 Å². The molecule has 1 rings (SSSR count). The van der Waals surface area contributed by atoms with E-state index in [0.29, 0.717) is 0 Å². The molecule has 1 fully saturated rings. The molecule has 0 saturated heterocycles. The van der Waals surface area contributed by atoms with Gasteiger partial charge in [0.2, 0.25) is 0 Å². The van der Waals surface area contributed by atoms with E-state index in [1.54, 1.807) is 0 Å². The van der Waals surface area contributed by atoms with Crippen molar-refractivity contribution in [2.24, 2.45) is 5.92 Å². The summed E-state index contributed by atoms with van der Waals surface area (Å²) in [5, 5.41) is 0. The molecule has 0 unspecified atom stereocenters. The number of hydrogen-bond donors (Lipinski definition) is 0. The van der Waals surface area contributed by atoms with Crippen molar-refractivity contribution >= 4 is 0 Å². The molecule has 0 aliphatic heterocycles. The van der Waals surface area contributed by atoms with Crippen molar-refractivity contribution in [3.8, 4) is 0 Å². The zero-order chi connectivity index (χ0) is 18.7. The van der Waals surface area contributed by atoms with Gasteiger partial charge in [0.05, 0.1) is 0 Å². The van der Waals surface area contributed by atoms with Gasteiger partial charge in [-0.1, -0.05) is 122 Å². The maximum atomic E-state index is 2.61. The second-order valence-electron chi connectivity index (χ2n) is 9.19. The van der Waals surface area contributed by atoms with Crippen LogP contribution in [0.4, 0.5) is 0 Å². The predicted molar refractivity (Wildman–Crippen MR) is 119 cm³/mol. The Morgan fingerprint density at radius 3 is 1.50 bits per heavy atom. The highest BCUT2D eigenvalue weighted by molar-refractivity contribution is 4.64. The monoisotopic (exact) mass is 365 g/mol. The highest BCUT2D eigenvalue weighted by atomic mass is 15.1. The van der Waals surface area contributed by atoms with Crippen LogP contribution in [0.2, 0.25) is 0 Å². The van der Waals surface area contributed by atoms with Crippen molar-refractivity contribution in [2.45, 2.75) is 135 Å². The normalized spacial score (nSPS) is 20.4. The molecule has 1 aliphatic rings. The average Bonchev–Trinajstić information content (AvgIpc) is 2.64. The van der Waals surface area contributed by atoms with Gasteiger partial charge >= 0.3 is 0 Å². The lowest BCUT2D eigenvalue weighted by molar-refractivity contribution is 0.274. The number of rotatable bonds is 8. The van der Waals surface area contributed by atoms with E-state index in [0.717, 1.165) is 5.92 Å². The van der Waals surface area contributed by atoms with E-state index in [4.69, 9.17) is 0 Å². The van der Waals surface area contributed by atoms with Crippen molar-refractivity contribution in [1.29, 1.82) is 0 Å². The second kappa shape index (κ2) is 18.3. The predicted octanol–water partition coefficient (Wildman–Crippen LogP) is 8.37. The number of hydrogen-bond acceptors (Lipinski definition) is 1. The van der Waals surface area contributed by atoms with Crippen LogP contribution in [0.15, 0.2) is 0 Å². The van der Waals surface area contributed by atoms with Gasteiger partial charge in [-0.3, -0.25) is 0 Å². The summed E-state index contributed by atoms with van der Waals surface area (Å²) >= 11 is 0. The Morgan fingerprint density at radius 1 is 0.577 bits per heavy atom. The minimum Gasteiger partial charge on any atom is -0.306 e. The lowest BCUT2D eigenvalue weighted by atomic mass is 9.91. The van der Waals surface area contributed by atoms with Crippen LogP contribution in [0.3, 0.4) is 0 Å². The molecule has 0 amide bonds.